The van der Waals surface area contributed by atoms with E-state index < -0.39 is 4.92 Å². The topological polar surface area (TPSA) is 94.2 Å². The summed E-state index contributed by atoms with van der Waals surface area (Å²) in [5, 5.41) is 19.8. The van der Waals surface area contributed by atoms with E-state index in [4.69, 9.17) is 11.6 Å². The SMILES string of the molecule is Cc1c(C(=O)N2CCCC2c2cccc(Cl)c2)nnn1-c1cccc([N+](=O)[O-])c1. The molecule has 0 spiro atoms. The number of rotatable bonds is 4. The standard InChI is InChI=1S/C20H18ClN5O3/c1-13-19(22-23-25(13)16-7-3-8-17(12-16)26(28)29)20(27)24-10-4-9-18(24)14-5-2-6-15(21)11-14/h2-3,5-8,11-12,18H,4,9-10H2,1H3. The van der Waals surface area contributed by atoms with Crippen LogP contribution in [0.15, 0.2) is 48.5 Å². The third-order valence-electron chi connectivity index (χ3n) is 5.13. The molecule has 0 radical (unpaired) electrons. The smallest absolute Gasteiger partial charge is 0.276 e. The molecule has 1 amide bonds. The molecule has 1 aromatic heterocycles. The molecular formula is C20H18ClN5O3. The number of aromatic nitrogens is 3. The molecule has 0 aliphatic carbocycles. The number of nitro groups is 1. The zero-order valence-corrected chi connectivity index (χ0v) is 16.4. The van der Waals surface area contributed by atoms with Gasteiger partial charge in [0.15, 0.2) is 5.69 Å². The Morgan fingerprint density at radius 1 is 1.24 bits per heavy atom. The zero-order valence-electron chi connectivity index (χ0n) is 15.7. The van der Waals surface area contributed by atoms with Crippen LogP contribution in [0.2, 0.25) is 5.02 Å². The van der Waals surface area contributed by atoms with Gasteiger partial charge < -0.3 is 4.90 Å². The molecule has 1 aliphatic heterocycles. The van der Waals surface area contributed by atoms with Crippen LogP contribution in [0.25, 0.3) is 5.69 Å². The Balaban J connectivity index is 1.65. The van der Waals surface area contributed by atoms with Gasteiger partial charge in [0, 0.05) is 23.7 Å². The Bertz CT molecular complexity index is 1100. The van der Waals surface area contributed by atoms with Gasteiger partial charge in [-0.25, -0.2) is 4.68 Å². The minimum absolute atomic E-state index is 0.0501. The molecule has 1 unspecified atom stereocenters. The minimum atomic E-state index is -0.471. The number of nitrogens with zero attached hydrogens (tertiary/aromatic N) is 5. The van der Waals surface area contributed by atoms with Crippen molar-refractivity contribution in [3.63, 3.8) is 0 Å². The number of carbonyl (C=O) groups is 1. The average molecular weight is 412 g/mol. The maximum Gasteiger partial charge on any atom is 0.276 e. The second-order valence-electron chi connectivity index (χ2n) is 6.92. The minimum Gasteiger partial charge on any atom is -0.330 e. The molecule has 3 aromatic rings. The third kappa shape index (κ3) is 3.58. The number of hydrogen-bond acceptors (Lipinski definition) is 5. The van der Waals surface area contributed by atoms with E-state index in [2.05, 4.69) is 10.3 Å². The lowest BCUT2D eigenvalue weighted by Crippen LogP contribution is -2.31. The molecule has 9 heteroatoms. The molecule has 0 saturated carbocycles. The number of halogens is 1. The van der Waals surface area contributed by atoms with Gasteiger partial charge in [-0.1, -0.05) is 35.0 Å². The van der Waals surface area contributed by atoms with Crippen LogP contribution < -0.4 is 0 Å². The fourth-order valence-corrected chi connectivity index (χ4v) is 3.92. The van der Waals surface area contributed by atoms with Crippen LogP contribution in [-0.2, 0) is 0 Å². The summed E-state index contributed by atoms with van der Waals surface area (Å²) in [6, 6.07) is 13.5. The largest absolute Gasteiger partial charge is 0.330 e. The lowest BCUT2D eigenvalue weighted by atomic mass is 10.0. The predicted octanol–water partition coefficient (Wildman–Crippen LogP) is 4.11. The van der Waals surface area contributed by atoms with Crippen LogP contribution in [0.3, 0.4) is 0 Å². The first-order valence-corrected chi connectivity index (χ1v) is 9.57. The third-order valence-corrected chi connectivity index (χ3v) is 5.36. The molecule has 0 N–H and O–H groups in total. The number of hydrogen-bond donors (Lipinski definition) is 0. The molecule has 8 nitrogen and oxygen atoms in total. The highest BCUT2D eigenvalue weighted by molar-refractivity contribution is 6.30. The normalized spacial score (nSPS) is 16.2. The van der Waals surface area contributed by atoms with Gasteiger partial charge in [0.1, 0.15) is 0 Å². The summed E-state index contributed by atoms with van der Waals surface area (Å²) in [4.78, 5) is 25.6. The summed E-state index contributed by atoms with van der Waals surface area (Å²) in [5.74, 6) is -0.207. The highest BCUT2D eigenvalue weighted by Gasteiger charge is 2.33. The van der Waals surface area contributed by atoms with Crippen LogP contribution in [-0.4, -0.2) is 37.3 Å². The Morgan fingerprint density at radius 3 is 2.79 bits per heavy atom. The van der Waals surface area contributed by atoms with Crippen molar-refractivity contribution in [3.05, 3.63) is 80.6 Å². The fourth-order valence-electron chi connectivity index (χ4n) is 3.72. The number of benzene rings is 2. The Labute approximate surface area is 171 Å². The second kappa shape index (κ2) is 7.63. The quantitative estimate of drug-likeness (QED) is 0.475. The maximum absolute atomic E-state index is 13.2. The fraction of sp³-hybridized carbons (Fsp3) is 0.250. The van der Waals surface area contributed by atoms with Crippen molar-refractivity contribution in [2.75, 3.05) is 6.54 Å². The summed E-state index contributed by atoms with van der Waals surface area (Å²) >= 11 is 6.12. The van der Waals surface area contributed by atoms with Crippen LogP contribution in [0.5, 0.6) is 0 Å². The highest BCUT2D eigenvalue weighted by Crippen LogP contribution is 2.34. The van der Waals surface area contributed by atoms with Crippen molar-refractivity contribution in [1.82, 2.24) is 19.9 Å². The molecule has 1 fully saturated rings. The van der Waals surface area contributed by atoms with Crippen molar-refractivity contribution in [3.8, 4) is 5.69 Å². The van der Waals surface area contributed by atoms with Gasteiger partial charge in [-0.2, -0.15) is 0 Å². The van der Waals surface area contributed by atoms with E-state index >= 15 is 0 Å². The Kier molecular flexibility index (Phi) is 5.02. The Morgan fingerprint density at radius 2 is 2.03 bits per heavy atom. The van der Waals surface area contributed by atoms with Crippen LogP contribution in [0.4, 0.5) is 5.69 Å². The van der Waals surface area contributed by atoms with Gasteiger partial charge in [-0.15, -0.1) is 5.10 Å². The first kappa shape index (κ1) is 19.1. The van der Waals surface area contributed by atoms with Crippen LogP contribution >= 0.6 is 11.6 Å². The molecule has 1 atom stereocenters. The van der Waals surface area contributed by atoms with Crippen molar-refractivity contribution in [1.29, 1.82) is 0 Å². The van der Waals surface area contributed by atoms with Crippen molar-refractivity contribution < 1.29 is 9.72 Å². The van der Waals surface area contributed by atoms with Crippen LogP contribution in [0.1, 0.15) is 40.6 Å². The summed E-state index contributed by atoms with van der Waals surface area (Å²) in [5.41, 5.74) is 2.20. The van der Waals surface area contributed by atoms with Gasteiger partial charge in [-0.05, 0) is 43.5 Å². The monoisotopic (exact) mass is 411 g/mol. The maximum atomic E-state index is 13.2. The number of non-ortho nitro benzene ring substituents is 1. The van der Waals surface area contributed by atoms with Crippen LogP contribution in [0, 0.1) is 17.0 Å². The lowest BCUT2D eigenvalue weighted by Gasteiger charge is -2.24. The van der Waals surface area contributed by atoms with E-state index in [0.29, 0.717) is 22.9 Å². The first-order chi connectivity index (χ1) is 14.0. The van der Waals surface area contributed by atoms with E-state index in [1.54, 1.807) is 30.0 Å². The number of amides is 1. The van der Waals surface area contributed by atoms with E-state index in [1.807, 2.05) is 18.2 Å². The van der Waals surface area contributed by atoms with Crippen molar-refractivity contribution in [2.24, 2.45) is 0 Å². The summed E-state index contributed by atoms with van der Waals surface area (Å²) < 4.78 is 1.45. The Hall–Kier alpha value is -3.26. The van der Waals surface area contributed by atoms with E-state index in [-0.39, 0.29) is 23.3 Å². The van der Waals surface area contributed by atoms with Gasteiger partial charge in [-0.3, -0.25) is 14.9 Å². The molecule has 1 aliphatic rings. The number of nitro benzene ring substituents is 1. The highest BCUT2D eigenvalue weighted by atomic mass is 35.5. The van der Waals surface area contributed by atoms with E-state index in [9.17, 15) is 14.9 Å². The van der Waals surface area contributed by atoms with Gasteiger partial charge in [0.25, 0.3) is 11.6 Å². The zero-order chi connectivity index (χ0) is 20.5. The molecule has 148 valence electrons. The molecule has 4 rings (SSSR count). The summed E-state index contributed by atoms with van der Waals surface area (Å²) in [6.45, 7) is 2.36. The second-order valence-corrected chi connectivity index (χ2v) is 7.36. The van der Waals surface area contributed by atoms with Crippen molar-refractivity contribution in [2.45, 2.75) is 25.8 Å². The summed E-state index contributed by atoms with van der Waals surface area (Å²) in [7, 11) is 0. The molecular weight excluding hydrogens is 394 g/mol. The molecule has 2 aromatic carbocycles. The summed E-state index contributed by atoms with van der Waals surface area (Å²) in [6.07, 6.45) is 1.74. The molecule has 29 heavy (non-hydrogen) atoms. The average Bonchev–Trinajstić information content (AvgIpc) is 3.34. The lowest BCUT2D eigenvalue weighted by molar-refractivity contribution is -0.384. The van der Waals surface area contributed by atoms with Crippen molar-refractivity contribution >= 4 is 23.2 Å². The van der Waals surface area contributed by atoms with E-state index in [1.165, 1.54) is 16.8 Å². The molecule has 2 heterocycles. The number of carbonyl (C=O) groups excluding carboxylic acids is 1. The molecule has 1 saturated heterocycles. The molecule has 0 bridgehead atoms. The first-order valence-electron chi connectivity index (χ1n) is 9.19. The van der Waals surface area contributed by atoms with E-state index in [0.717, 1.165) is 18.4 Å². The van der Waals surface area contributed by atoms with Gasteiger partial charge in [0.05, 0.1) is 22.3 Å². The number of likely N-dealkylation sites (tertiary alicyclic amines) is 1. The van der Waals surface area contributed by atoms with Gasteiger partial charge >= 0.3 is 0 Å². The predicted molar refractivity (Wildman–Crippen MR) is 107 cm³/mol. The van der Waals surface area contributed by atoms with Gasteiger partial charge in [0.2, 0.25) is 0 Å².